The third-order valence-corrected chi connectivity index (χ3v) is 4.76. The van der Waals surface area contributed by atoms with Crippen LogP contribution in [0, 0.1) is 17.8 Å². The molecule has 0 aromatic heterocycles. The molecule has 3 nitrogen and oxygen atoms in total. The van der Waals surface area contributed by atoms with Gasteiger partial charge in [0.25, 0.3) is 0 Å². The number of hydrogen-bond donors (Lipinski definition) is 2. The fraction of sp³-hybridized carbons (Fsp3) is 0.929. The highest BCUT2D eigenvalue weighted by molar-refractivity contribution is 5.70. The van der Waals surface area contributed by atoms with Gasteiger partial charge >= 0.3 is 5.97 Å². The zero-order valence-corrected chi connectivity index (χ0v) is 10.8. The topological polar surface area (TPSA) is 49.3 Å². The molecule has 0 bridgehead atoms. The molecular formula is C14H25NO2. The number of carboxylic acid groups (broad SMARTS) is 1. The van der Waals surface area contributed by atoms with Crippen molar-refractivity contribution < 1.29 is 9.90 Å². The maximum absolute atomic E-state index is 11.1. The molecule has 98 valence electrons. The van der Waals surface area contributed by atoms with Crippen molar-refractivity contribution in [2.24, 2.45) is 17.8 Å². The molecule has 2 aliphatic rings. The molecule has 2 saturated carbocycles. The first-order valence-electron chi connectivity index (χ1n) is 7.17. The molecule has 2 N–H and O–H groups in total. The van der Waals surface area contributed by atoms with Gasteiger partial charge in [-0.3, -0.25) is 4.79 Å². The lowest BCUT2D eigenvalue weighted by Gasteiger charge is -2.19. The van der Waals surface area contributed by atoms with E-state index in [1.165, 1.54) is 25.7 Å². The molecule has 2 rings (SSSR count). The van der Waals surface area contributed by atoms with E-state index in [0.717, 1.165) is 31.7 Å². The van der Waals surface area contributed by atoms with Crippen molar-refractivity contribution in [2.75, 3.05) is 6.54 Å². The Hall–Kier alpha value is -0.570. The lowest BCUT2D eigenvalue weighted by Crippen LogP contribution is -2.34. The van der Waals surface area contributed by atoms with Gasteiger partial charge < -0.3 is 10.4 Å². The number of nitrogens with one attached hydrogen (secondary N) is 1. The van der Waals surface area contributed by atoms with Gasteiger partial charge in [0.15, 0.2) is 0 Å². The summed E-state index contributed by atoms with van der Waals surface area (Å²) in [5.74, 6) is 0.581. The first-order chi connectivity index (χ1) is 8.20. The Bertz CT molecular complexity index is 267. The van der Waals surface area contributed by atoms with E-state index < -0.39 is 5.97 Å². The Labute approximate surface area is 104 Å². The lowest BCUT2D eigenvalue weighted by molar-refractivity contribution is -0.142. The molecule has 0 aliphatic heterocycles. The second-order valence-electron chi connectivity index (χ2n) is 5.83. The molecule has 0 spiro atoms. The molecule has 0 aromatic rings. The quantitative estimate of drug-likeness (QED) is 0.775. The van der Waals surface area contributed by atoms with E-state index in [1.807, 2.05) is 0 Å². The average Bonchev–Trinajstić information content (AvgIpc) is 2.95. The van der Waals surface area contributed by atoms with Crippen molar-refractivity contribution in [1.82, 2.24) is 5.32 Å². The summed E-state index contributed by atoms with van der Waals surface area (Å²) in [5.41, 5.74) is 0. The zero-order chi connectivity index (χ0) is 12.3. The molecule has 2 aliphatic carbocycles. The van der Waals surface area contributed by atoms with Crippen LogP contribution in [0.25, 0.3) is 0 Å². The van der Waals surface area contributed by atoms with Crippen molar-refractivity contribution in [3.05, 3.63) is 0 Å². The Morgan fingerprint density at radius 3 is 2.76 bits per heavy atom. The minimum absolute atomic E-state index is 0.0918. The van der Waals surface area contributed by atoms with Crippen LogP contribution in [0.4, 0.5) is 0 Å². The van der Waals surface area contributed by atoms with Crippen LogP contribution in [0.2, 0.25) is 0 Å². The molecular weight excluding hydrogens is 214 g/mol. The summed E-state index contributed by atoms with van der Waals surface area (Å²) >= 11 is 0. The summed E-state index contributed by atoms with van der Waals surface area (Å²) < 4.78 is 0. The van der Waals surface area contributed by atoms with E-state index >= 15 is 0 Å². The maximum Gasteiger partial charge on any atom is 0.306 e. The summed E-state index contributed by atoms with van der Waals surface area (Å²) in [4.78, 5) is 11.1. The Morgan fingerprint density at radius 1 is 1.29 bits per heavy atom. The summed E-state index contributed by atoms with van der Waals surface area (Å²) in [6.45, 7) is 3.18. The first-order valence-corrected chi connectivity index (χ1v) is 7.17. The largest absolute Gasteiger partial charge is 0.481 e. The van der Waals surface area contributed by atoms with Crippen LogP contribution in [0.1, 0.15) is 51.9 Å². The minimum atomic E-state index is -0.591. The highest BCUT2D eigenvalue weighted by atomic mass is 16.4. The number of carbonyl (C=O) groups is 1. The monoisotopic (exact) mass is 239 g/mol. The smallest absolute Gasteiger partial charge is 0.306 e. The van der Waals surface area contributed by atoms with Crippen LogP contribution in [0.3, 0.4) is 0 Å². The molecule has 0 aromatic carbocycles. The first kappa shape index (κ1) is 12.9. The van der Waals surface area contributed by atoms with Crippen LogP contribution in [-0.2, 0) is 4.79 Å². The molecule has 2 fully saturated rings. The third-order valence-electron chi connectivity index (χ3n) is 4.76. The van der Waals surface area contributed by atoms with Gasteiger partial charge in [0.05, 0.1) is 5.92 Å². The second kappa shape index (κ2) is 5.85. The molecule has 4 unspecified atom stereocenters. The Kier molecular flexibility index (Phi) is 4.43. The molecule has 0 saturated heterocycles. The summed E-state index contributed by atoms with van der Waals surface area (Å²) in [6.07, 6.45) is 8.27. The summed E-state index contributed by atoms with van der Waals surface area (Å²) in [5, 5.41) is 12.7. The van der Waals surface area contributed by atoms with Crippen molar-refractivity contribution in [3.8, 4) is 0 Å². The molecule has 3 heteroatoms. The SMILES string of the molecule is CCC1CCC(NCC2CCCC2C(=O)O)C1. The molecule has 0 heterocycles. The molecule has 17 heavy (non-hydrogen) atoms. The van der Waals surface area contributed by atoms with E-state index in [9.17, 15) is 4.79 Å². The van der Waals surface area contributed by atoms with Gasteiger partial charge in [-0.05, 0) is 50.5 Å². The van der Waals surface area contributed by atoms with Gasteiger partial charge in [0.2, 0.25) is 0 Å². The second-order valence-corrected chi connectivity index (χ2v) is 5.83. The normalized spacial score (nSPS) is 37.5. The van der Waals surface area contributed by atoms with Crippen molar-refractivity contribution in [3.63, 3.8) is 0 Å². The van der Waals surface area contributed by atoms with Crippen molar-refractivity contribution in [1.29, 1.82) is 0 Å². The standard InChI is InChI=1S/C14H25NO2/c1-2-10-6-7-12(8-10)15-9-11-4-3-5-13(11)14(16)17/h10-13,15H,2-9H2,1H3,(H,16,17). The number of rotatable bonds is 5. The van der Waals surface area contributed by atoms with Gasteiger partial charge in [-0.1, -0.05) is 19.8 Å². The fourth-order valence-electron chi connectivity index (χ4n) is 3.56. The lowest BCUT2D eigenvalue weighted by atomic mass is 9.96. The van der Waals surface area contributed by atoms with Crippen LogP contribution >= 0.6 is 0 Å². The van der Waals surface area contributed by atoms with E-state index in [4.69, 9.17) is 5.11 Å². The third kappa shape index (κ3) is 3.21. The fourth-order valence-corrected chi connectivity index (χ4v) is 3.56. The highest BCUT2D eigenvalue weighted by Gasteiger charge is 2.33. The number of carboxylic acids is 1. The predicted octanol–water partition coefficient (Wildman–Crippen LogP) is 2.66. The van der Waals surface area contributed by atoms with Gasteiger partial charge in [0.1, 0.15) is 0 Å². The average molecular weight is 239 g/mol. The van der Waals surface area contributed by atoms with Gasteiger partial charge in [-0.25, -0.2) is 0 Å². The van der Waals surface area contributed by atoms with Crippen molar-refractivity contribution in [2.45, 2.75) is 57.9 Å². The van der Waals surface area contributed by atoms with Crippen molar-refractivity contribution >= 4 is 5.97 Å². The van der Waals surface area contributed by atoms with Crippen LogP contribution in [-0.4, -0.2) is 23.7 Å². The maximum atomic E-state index is 11.1. The molecule has 4 atom stereocenters. The van der Waals surface area contributed by atoms with E-state index in [2.05, 4.69) is 12.2 Å². The predicted molar refractivity (Wildman–Crippen MR) is 67.9 cm³/mol. The number of aliphatic carboxylic acids is 1. The van der Waals surface area contributed by atoms with Crippen LogP contribution in [0.5, 0.6) is 0 Å². The molecule has 0 radical (unpaired) electrons. The van der Waals surface area contributed by atoms with Gasteiger partial charge in [-0.2, -0.15) is 0 Å². The summed E-state index contributed by atoms with van der Waals surface area (Å²) in [7, 11) is 0. The van der Waals surface area contributed by atoms with E-state index in [-0.39, 0.29) is 5.92 Å². The van der Waals surface area contributed by atoms with E-state index in [1.54, 1.807) is 0 Å². The van der Waals surface area contributed by atoms with Crippen LogP contribution < -0.4 is 5.32 Å². The zero-order valence-electron chi connectivity index (χ0n) is 10.8. The minimum Gasteiger partial charge on any atom is -0.481 e. The van der Waals surface area contributed by atoms with Gasteiger partial charge in [0, 0.05) is 6.04 Å². The van der Waals surface area contributed by atoms with Crippen LogP contribution in [0.15, 0.2) is 0 Å². The highest BCUT2D eigenvalue weighted by Crippen LogP contribution is 2.33. The Morgan fingerprint density at radius 2 is 2.12 bits per heavy atom. The van der Waals surface area contributed by atoms with E-state index in [0.29, 0.717) is 12.0 Å². The Balaban J connectivity index is 1.73. The number of hydrogen-bond acceptors (Lipinski definition) is 2. The molecule has 0 amide bonds. The van der Waals surface area contributed by atoms with Gasteiger partial charge in [-0.15, -0.1) is 0 Å². The summed E-state index contributed by atoms with van der Waals surface area (Å²) in [6, 6.07) is 0.648.